The third kappa shape index (κ3) is 1.76. The molecule has 2 fully saturated rings. The molecule has 4 atom stereocenters. The molecule has 1 N–H and O–H groups in total. The van der Waals surface area contributed by atoms with Crippen molar-refractivity contribution in [3.05, 3.63) is 0 Å². The number of Topliss-reactive ketones (excluding diaryl/α,β-unsaturated/α-hetero) is 1. The highest BCUT2D eigenvalue weighted by Gasteiger charge is 2.50. The van der Waals surface area contributed by atoms with E-state index in [1.54, 1.807) is 0 Å². The molecule has 2 rings (SSSR count). The first-order valence-electron chi connectivity index (χ1n) is 6.18. The second-order valence-corrected chi connectivity index (χ2v) is 5.89. The maximum absolute atomic E-state index is 11.5. The highest BCUT2D eigenvalue weighted by molar-refractivity contribution is 5.81. The Labute approximate surface area is 96.2 Å². The molecular formula is C13H20O3. The van der Waals surface area contributed by atoms with E-state index < -0.39 is 5.97 Å². The Kier molecular flexibility index (Phi) is 2.81. The molecule has 0 aliphatic heterocycles. The number of ketones is 1. The minimum absolute atomic E-state index is 0.0507. The van der Waals surface area contributed by atoms with E-state index in [-0.39, 0.29) is 23.2 Å². The van der Waals surface area contributed by atoms with Gasteiger partial charge in [0, 0.05) is 12.8 Å². The van der Waals surface area contributed by atoms with Crippen LogP contribution in [0.3, 0.4) is 0 Å². The zero-order valence-electron chi connectivity index (χ0n) is 10.0. The van der Waals surface area contributed by atoms with Crippen LogP contribution in [0, 0.1) is 23.2 Å². The highest BCUT2D eigenvalue weighted by Crippen LogP contribution is 2.53. The molecule has 90 valence electrons. The summed E-state index contributed by atoms with van der Waals surface area (Å²) in [6, 6.07) is 0. The molecule has 0 aromatic carbocycles. The highest BCUT2D eigenvalue weighted by atomic mass is 16.4. The number of carbonyl (C=O) groups excluding carboxylic acids is 1. The Morgan fingerprint density at radius 2 is 2.12 bits per heavy atom. The number of hydrogen-bond acceptors (Lipinski definition) is 2. The standard InChI is InChI=1S/C13H20O3/c1-8-5-6-13(2)7-9(14)3-4-10(13)11(8)12(15)16/h8,10-11H,3-7H2,1-2H3,(H,15,16)/t8-,10?,11-,13-/m1/s1. The van der Waals surface area contributed by atoms with Crippen molar-refractivity contribution in [3.8, 4) is 0 Å². The van der Waals surface area contributed by atoms with Crippen LogP contribution < -0.4 is 0 Å². The molecule has 0 bridgehead atoms. The third-order valence-electron chi connectivity index (χ3n) is 4.73. The Morgan fingerprint density at radius 3 is 2.75 bits per heavy atom. The fourth-order valence-electron chi connectivity index (χ4n) is 3.77. The number of fused-ring (bicyclic) bond motifs is 1. The fourth-order valence-corrected chi connectivity index (χ4v) is 3.77. The van der Waals surface area contributed by atoms with Gasteiger partial charge in [-0.05, 0) is 36.5 Å². The first-order chi connectivity index (χ1) is 7.44. The number of carboxylic acid groups (broad SMARTS) is 1. The molecule has 3 heteroatoms. The Hall–Kier alpha value is -0.860. The van der Waals surface area contributed by atoms with Crippen molar-refractivity contribution in [2.45, 2.75) is 46.0 Å². The van der Waals surface area contributed by atoms with Gasteiger partial charge in [0.15, 0.2) is 0 Å². The van der Waals surface area contributed by atoms with Gasteiger partial charge >= 0.3 is 5.97 Å². The topological polar surface area (TPSA) is 54.4 Å². The lowest BCUT2D eigenvalue weighted by atomic mass is 9.54. The Bertz CT molecular complexity index is 323. The summed E-state index contributed by atoms with van der Waals surface area (Å²) in [6.45, 7) is 4.14. The van der Waals surface area contributed by atoms with Crippen LogP contribution in [-0.4, -0.2) is 16.9 Å². The average molecular weight is 224 g/mol. The minimum atomic E-state index is -0.669. The van der Waals surface area contributed by atoms with E-state index >= 15 is 0 Å². The maximum Gasteiger partial charge on any atom is 0.307 e. The molecule has 2 saturated carbocycles. The molecule has 2 aliphatic carbocycles. The van der Waals surface area contributed by atoms with Crippen molar-refractivity contribution in [1.29, 1.82) is 0 Å². The zero-order chi connectivity index (χ0) is 11.9. The van der Waals surface area contributed by atoms with Crippen LogP contribution in [0.4, 0.5) is 0 Å². The first kappa shape index (κ1) is 11.6. The summed E-state index contributed by atoms with van der Waals surface area (Å²) in [5.74, 6) is -0.141. The monoisotopic (exact) mass is 224 g/mol. The van der Waals surface area contributed by atoms with E-state index in [0.717, 1.165) is 19.3 Å². The molecular weight excluding hydrogens is 204 g/mol. The lowest BCUT2D eigenvalue weighted by molar-refractivity contribution is -0.155. The molecule has 0 saturated heterocycles. The second-order valence-electron chi connectivity index (χ2n) is 5.89. The summed E-state index contributed by atoms with van der Waals surface area (Å²) in [6.07, 6.45) is 3.90. The predicted molar refractivity (Wildman–Crippen MR) is 60.0 cm³/mol. The molecule has 0 aromatic heterocycles. The number of aliphatic carboxylic acids is 1. The normalized spacial score (nSPS) is 43.9. The molecule has 1 unspecified atom stereocenters. The van der Waals surface area contributed by atoms with Crippen LogP contribution in [0.2, 0.25) is 0 Å². The molecule has 0 radical (unpaired) electrons. The van der Waals surface area contributed by atoms with Gasteiger partial charge in [-0.25, -0.2) is 0 Å². The van der Waals surface area contributed by atoms with E-state index in [1.165, 1.54) is 0 Å². The maximum atomic E-state index is 11.5. The number of rotatable bonds is 1. The van der Waals surface area contributed by atoms with Crippen molar-refractivity contribution < 1.29 is 14.7 Å². The van der Waals surface area contributed by atoms with Gasteiger partial charge in [-0.3, -0.25) is 9.59 Å². The van der Waals surface area contributed by atoms with E-state index in [1.807, 2.05) is 6.92 Å². The van der Waals surface area contributed by atoms with E-state index in [9.17, 15) is 14.7 Å². The zero-order valence-corrected chi connectivity index (χ0v) is 10.0. The Morgan fingerprint density at radius 1 is 1.44 bits per heavy atom. The van der Waals surface area contributed by atoms with E-state index in [0.29, 0.717) is 18.6 Å². The van der Waals surface area contributed by atoms with Gasteiger partial charge < -0.3 is 5.11 Å². The molecule has 2 aliphatic rings. The molecule has 0 amide bonds. The molecule has 0 aromatic rings. The largest absolute Gasteiger partial charge is 0.481 e. The van der Waals surface area contributed by atoms with Crippen molar-refractivity contribution in [2.75, 3.05) is 0 Å². The number of hydrogen-bond donors (Lipinski definition) is 1. The second kappa shape index (κ2) is 3.86. The van der Waals surface area contributed by atoms with Crippen molar-refractivity contribution in [3.63, 3.8) is 0 Å². The van der Waals surface area contributed by atoms with Crippen molar-refractivity contribution in [2.24, 2.45) is 23.2 Å². The minimum Gasteiger partial charge on any atom is -0.481 e. The summed E-state index contributed by atoms with van der Waals surface area (Å²) < 4.78 is 0. The van der Waals surface area contributed by atoms with Gasteiger partial charge in [0.25, 0.3) is 0 Å². The summed E-state index contributed by atoms with van der Waals surface area (Å²) >= 11 is 0. The van der Waals surface area contributed by atoms with E-state index in [2.05, 4.69) is 6.92 Å². The average Bonchev–Trinajstić information content (AvgIpc) is 2.18. The number of carboxylic acids is 1. The van der Waals surface area contributed by atoms with E-state index in [4.69, 9.17) is 0 Å². The lowest BCUT2D eigenvalue weighted by Crippen LogP contribution is -2.47. The smallest absolute Gasteiger partial charge is 0.307 e. The van der Waals surface area contributed by atoms with Crippen LogP contribution in [0.25, 0.3) is 0 Å². The molecule has 0 spiro atoms. The summed E-state index contributed by atoms with van der Waals surface area (Å²) in [7, 11) is 0. The van der Waals surface area contributed by atoms with Crippen LogP contribution in [-0.2, 0) is 9.59 Å². The first-order valence-corrected chi connectivity index (χ1v) is 6.18. The van der Waals surface area contributed by atoms with Gasteiger partial charge in [0.1, 0.15) is 5.78 Å². The van der Waals surface area contributed by atoms with Gasteiger partial charge in [0.05, 0.1) is 5.92 Å². The van der Waals surface area contributed by atoms with Gasteiger partial charge in [-0.2, -0.15) is 0 Å². The van der Waals surface area contributed by atoms with Crippen LogP contribution in [0.5, 0.6) is 0 Å². The summed E-state index contributed by atoms with van der Waals surface area (Å²) in [5.41, 5.74) is -0.0507. The van der Waals surface area contributed by atoms with Crippen LogP contribution >= 0.6 is 0 Å². The molecule has 3 nitrogen and oxygen atoms in total. The summed E-state index contributed by atoms with van der Waals surface area (Å²) in [5, 5.41) is 9.34. The fraction of sp³-hybridized carbons (Fsp3) is 0.846. The molecule has 0 heterocycles. The van der Waals surface area contributed by atoms with Crippen LogP contribution in [0.1, 0.15) is 46.0 Å². The van der Waals surface area contributed by atoms with Crippen molar-refractivity contribution in [1.82, 2.24) is 0 Å². The lowest BCUT2D eigenvalue weighted by Gasteiger charge is -2.49. The quantitative estimate of drug-likeness (QED) is 0.744. The Balaban J connectivity index is 2.27. The van der Waals surface area contributed by atoms with Crippen LogP contribution in [0.15, 0.2) is 0 Å². The third-order valence-corrected chi connectivity index (χ3v) is 4.73. The van der Waals surface area contributed by atoms with Crippen molar-refractivity contribution >= 4 is 11.8 Å². The van der Waals surface area contributed by atoms with Gasteiger partial charge in [-0.1, -0.05) is 13.8 Å². The van der Waals surface area contributed by atoms with Gasteiger partial charge in [-0.15, -0.1) is 0 Å². The summed E-state index contributed by atoms with van der Waals surface area (Å²) in [4.78, 5) is 22.9. The number of carbonyl (C=O) groups is 2. The van der Waals surface area contributed by atoms with Gasteiger partial charge in [0.2, 0.25) is 0 Å². The predicted octanol–water partition coefficient (Wildman–Crippen LogP) is 2.49. The SMILES string of the molecule is C[C@@H]1CC[C@]2(C)CC(=O)CCC2[C@@H]1C(=O)O. The molecule has 16 heavy (non-hydrogen) atoms.